The summed E-state index contributed by atoms with van der Waals surface area (Å²) in [4.78, 5) is 51.3. The molecule has 4 N–H and O–H groups in total. The van der Waals surface area contributed by atoms with Crippen LogP contribution in [0.5, 0.6) is 0 Å². The number of aliphatic carboxylic acids is 1. The standard InChI is InChI=1S/C34H41F3N8O4/c35-34(36,37)32-42-28(44-20-13-24(14-21-44)11-17-40-33(49)41-18-12-30(46)47)22-29(43-32)45-19-3-5-27(45)31(48)39-16-10-23-6-8-25(9-7-23)26-4-1-2-15-38-26/h1-2,4,6-9,15,22,24,27H,3,5,10-14,16-21H2,(H,39,48)(H,46,47)(H2,40,41,49). The molecule has 0 aliphatic carbocycles. The van der Waals surface area contributed by atoms with Gasteiger partial charge >= 0.3 is 18.2 Å². The normalized spacial score (nSPS) is 16.8. The van der Waals surface area contributed by atoms with Gasteiger partial charge in [0.05, 0.1) is 12.1 Å². The molecule has 2 aliphatic rings. The van der Waals surface area contributed by atoms with Crippen molar-refractivity contribution in [2.24, 2.45) is 5.92 Å². The number of pyridine rings is 1. The number of carbonyl (C=O) groups is 3. The van der Waals surface area contributed by atoms with Crippen LogP contribution in [0.15, 0.2) is 54.7 Å². The van der Waals surface area contributed by atoms with Crippen LogP contribution in [0.1, 0.15) is 49.9 Å². The molecule has 12 nitrogen and oxygen atoms in total. The van der Waals surface area contributed by atoms with Crippen LogP contribution in [0.2, 0.25) is 0 Å². The van der Waals surface area contributed by atoms with Crippen molar-refractivity contribution in [2.75, 3.05) is 49.1 Å². The molecule has 15 heteroatoms. The number of carbonyl (C=O) groups excluding carboxylic acids is 2. The molecule has 0 radical (unpaired) electrons. The zero-order chi connectivity index (χ0) is 34.8. The molecule has 2 saturated heterocycles. The zero-order valence-electron chi connectivity index (χ0n) is 27.1. The fourth-order valence-electron chi connectivity index (χ4n) is 6.18. The summed E-state index contributed by atoms with van der Waals surface area (Å²) in [5.41, 5.74) is 2.91. The summed E-state index contributed by atoms with van der Waals surface area (Å²) in [5.74, 6) is -1.97. The summed E-state index contributed by atoms with van der Waals surface area (Å²) in [5, 5.41) is 16.8. The summed E-state index contributed by atoms with van der Waals surface area (Å²) in [7, 11) is 0. The minimum absolute atomic E-state index is 0.0342. The summed E-state index contributed by atoms with van der Waals surface area (Å²) in [6, 6.07) is 14.1. The van der Waals surface area contributed by atoms with E-state index < -0.39 is 30.0 Å². The van der Waals surface area contributed by atoms with E-state index in [1.165, 1.54) is 0 Å². The Bertz CT molecular complexity index is 1570. The highest BCUT2D eigenvalue weighted by Crippen LogP contribution is 2.34. The maximum Gasteiger partial charge on any atom is 0.451 e. The van der Waals surface area contributed by atoms with Gasteiger partial charge in [-0.05, 0) is 62.1 Å². The van der Waals surface area contributed by atoms with E-state index in [4.69, 9.17) is 5.11 Å². The number of amides is 3. The number of anilines is 2. The van der Waals surface area contributed by atoms with E-state index >= 15 is 0 Å². The number of carboxylic acids is 1. The Kier molecular flexibility index (Phi) is 11.9. The first kappa shape index (κ1) is 35.4. The number of hydrogen-bond acceptors (Lipinski definition) is 8. The fourth-order valence-corrected chi connectivity index (χ4v) is 6.18. The van der Waals surface area contributed by atoms with Gasteiger partial charge in [-0.2, -0.15) is 13.2 Å². The molecule has 0 spiro atoms. The Morgan fingerprint density at radius 1 is 0.878 bits per heavy atom. The highest BCUT2D eigenvalue weighted by atomic mass is 19.4. The van der Waals surface area contributed by atoms with E-state index in [1.54, 1.807) is 17.2 Å². The van der Waals surface area contributed by atoms with Crippen LogP contribution in [0.25, 0.3) is 11.3 Å². The molecule has 2 aromatic heterocycles. The molecule has 49 heavy (non-hydrogen) atoms. The van der Waals surface area contributed by atoms with Crippen molar-refractivity contribution < 1.29 is 32.7 Å². The summed E-state index contributed by atoms with van der Waals surface area (Å²) in [6.07, 6.45) is 0.641. The molecule has 1 aromatic carbocycles. The Hall–Kier alpha value is -4.95. The number of urea groups is 1. The first-order chi connectivity index (χ1) is 23.6. The minimum Gasteiger partial charge on any atom is -0.481 e. The largest absolute Gasteiger partial charge is 0.481 e. The Morgan fingerprint density at radius 3 is 2.31 bits per heavy atom. The molecule has 1 atom stereocenters. The van der Waals surface area contributed by atoms with E-state index in [-0.39, 0.29) is 36.4 Å². The van der Waals surface area contributed by atoms with Crippen LogP contribution in [0.4, 0.5) is 29.6 Å². The van der Waals surface area contributed by atoms with E-state index in [9.17, 15) is 27.6 Å². The number of rotatable bonds is 13. The second kappa shape index (κ2) is 16.4. The summed E-state index contributed by atoms with van der Waals surface area (Å²) in [6.45, 7) is 2.18. The second-order valence-corrected chi connectivity index (χ2v) is 12.3. The number of piperidine rings is 1. The molecule has 2 aliphatic heterocycles. The summed E-state index contributed by atoms with van der Waals surface area (Å²) < 4.78 is 41.9. The minimum atomic E-state index is -4.76. The van der Waals surface area contributed by atoms with Crippen LogP contribution in [-0.2, 0) is 22.2 Å². The Labute approximate surface area is 282 Å². The SMILES string of the molecule is O=C(O)CCNC(=O)NCCC1CCN(c2cc(N3CCCC3C(=O)NCCc3ccc(-c4ccccn4)cc3)nc(C(F)(F)F)n2)CC1. The van der Waals surface area contributed by atoms with E-state index in [2.05, 4.69) is 30.9 Å². The fraction of sp³-hybridized carbons (Fsp3) is 0.471. The molecular formula is C34H41F3N8O4. The van der Waals surface area contributed by atoms with Gasteiger partial charge in [-0.3, -0.25) is 14.6 Å². The van der Waals surface area contributed by atoms with E-state index in [0.717, 1.165) is 16.8 Å². The average Bonchev–Trinajstić information content (AvgIpc) is 3.59. The number of halogens is 3. The number of carboxylic acid groups (broad SMARTS) is 1. The molecule has 4 heterocycles. The number of aromatic nitrogens is 3. The van der Waals surface area contributed by atoms with E-state index in [0.29, 0.717) is 71.2 Å². The lowest BCUT2D eigenvalue weighted by Gasteiger charge is -2.34. The highest BCUT2D eigenvalue weighted by Gasteiger charge is 2.39. The number of hydrogen-bond donors (Lipinski definition) is 4. The second-order valence-electron chi connectivity index (χ2n) is 12.3. The zero-order valence-corrected chi connectivity index (χ0v) is 27.1. The van der Waals surface area contributed by atoms with Crippen molar-refractivity contribution in [3.63, 3.8) is 0 Å². The molecule has 3 amide bonds. The van der Waals surface area contributed by atoms with Gasteiger partial charge in [0.25, 0.3) is 0 Å². The average molecular weight is 683 g/mol. The molecule has 1 unspecified atom stereocenters. The Morgan fingerprint density at radius 2 is 1.61 bits per heavy atom. The Balaban J connectivity index is 1.15. The van der Waals surface area contributed by atoms with Crippen molar-refractivity contribution in [3.8, 4) is 11.3 Å². The molecule has 262 valence electrons. The van der Waals surface area contributed by atoms with Crippen molar-refractivity contribution in [1.29, 1.82) is 0 Å². The van der Waals surface area contributed by atoms with Crippen LogP contribution in [0.3, 0.4) is 0 Å². The van der Waals surface area contributed by atoms with Crippen molar-refractivity contribution in [1.82, 2.24) is 30.9 Å². The van der Waals surface area contributed by atoms with Gasteiger partial charge in [-0.15, -0.1) is 0 Å². The predicted octanol–water partition coefficient (Wildman–Crippen LogP) is 4.27. The third-order valence-electron chi connectivity index (χ3n) is 8.83. The van der Waals surface area contributed by atoms with Crippen LogP contribution >= 0.6 is 0 Å². The topological polar surface area (TPSA) is 153 Å². The van der Waals surface area contributed by atoms with Crippen molar-refractivity contribution in [3.05, 3.63) is 66.1 Å². The number of alkyl halides is 3. The smallest absolute Gasteiger partial charge is 0.451 e. The number of nitrogens with zero attached hydrogens (tertiary/aromatic N) is 5. The van der Waals surface area contributed by atoms with Gasteiger partial charge in [0.1, 0.15) is 17.7 Å². The van der Waals surface area contributed by atoms with Gasteiger partial charge in [0.2, 0.25) is 11.7 Å². The molecular weight excluding hydrogens is 641 g/mol. The lowest BCUT2D eigenvalue weighted by Crippen LogP contribution is -2.44. The van der Waals surface area contributed by atoms with Crippen molar-refractivity contribution >= 4 is 29.5 Å². The molecule has 2 fully saturated rings. The molecule has 0 bridgehead atoms. The summed E-state index contributed by atoms with van der Waals surface area (Å²) >= 11 is 0. The van der Waals surface area contributed by atoms with Crippen molar-refractivity contribution in [2.45, 2.75) is 57.2 Å². The molecule has 5 rings (SSSR count). The van der Waals surface area contributed by atoms with Crippen LogP contribution in [0, 0.1) is 5.92 Å². The van der Waals surface area contributed by atoms with Gasteiger partial charge in [0.15, 0.2) is 0 Å². The van der Waals surface area contributed by atoms with Gasteiger partial charge in [-0.1, -0.05) is 30.3 Å². The van der Waals surface area contributed by atoms with Gasteiger partial charge in [0, 0.05) is 57.1 Å². The first-order valence-electron chi connectivity index (χ1n) is 16.6. The third-order valence-corrected chi connectivity index (χ3v) is 8.83. The third kappa shape index (κ3) is 10.0. The maximum atomic E-state index is 14.0. The lowest BCUT2D eigenvalue weighted by atomic mass is 9.93. The number of nitrogens with one attached hydrogen (secondary N) is 3. The van der Waals surface area contributed by atoms with Gasteiger partial charge in [-0.25, -0.2) is 14.8 Å². The first-order valence-corrected chi connectivity index (χ1v) is 16.6. The quantitative estimate of drug-likeness (QED) is 0.207. The van der Waals surface area contributed by atoms with E-state index in [1.807, 2.05) is 47.4 Å². The predicted molar refractivity (Wildman–Crippen MR) is 177 cm³/mol. The maximum absolute atomic E-state index is 14.0. The number of benzene rings is 1. The molecule has 3 aromatic rings. The molecule has 0 saturated carbocycles. The van der Waals surface area contributed by atoms with Crippen LogP contribution in [-0.4, -0.2) is 83.3 Å². The monoisotopic (exact) mass is 682 g/mol. The van der Waals surface area contributed by atoms with Crippen LogP contribution < -0.4 is 25.8 Å². The highest BCUT2D eigenvalue weighted by molar-refractivity contribution is 5.85. The lowest BCUT2D eigenvalue weighted by molar-refractivity contribution is -0.144. The van der Waals surface area contributed by atoms with Gasteiger partial charge < -0.3 is 30.9 Å².